The first-order valence-electron chi connectivity index (χ1n) is 7.89. The molecule has 1 aliphatic rings. The highest BCUT2D eigenvalue weighted by atomic mass is 35.5. The summed E-state index contributed by atoms with van der Waals surface area (Å²) < 4.78 is 7.51. The molecule has 0 spiro atoms. The SMILES string of the molecule is O=C(c1cn2ccsc2n1)N1CCO[C@@H](CO)[C@@H]1c1ccccc1Cl. The van der Waals surface area contributed by atoms with Gasteiger partial charge < -0.3 is 14.7 Å². The number of hydrogen-bond donors (Lipinski definition) is 1. The third-order valence-electron chi connectivity index (χ3n) is 4.33. The van der Waals surface area contributed by atoms with E-state index in [1.165, 1.54) is 11.3 Å². The molecule has 0 aliphatic carbocycles. The minimum atomic E-state index is -0.527. The van der Waals surface area contributed by atoms with Crippen LogP contribution in [0.4, 0.5) is 0 Å². The van der Waals surface area contributed by atoms with Crippen LogP contribution in [0.5, 0.6) is 0 Å². The van der Waals surface area contributed by atoms with Gasteiger partial charge in [0.1, 0.15) is 11.8 Å². The monoisotopic (exact) mass is 377 g/mol. The van der Waals surface area contributed by atoms with Gasteiger partial charge in [0.25, 0.3) is 5.91 Å². The molecule has 4 rings (SSSR count). The number of carbonyl (C=O) groups is 1. The number of imidazole rings is 1. The van der Waals surface area contributed by atoms with Gasteiger partial charge >= 0.3 is 0 Å². The predicted molar refractivity (Wildman–Crippen MR) is 95.1 cm³/mol. The number of aliphatic hydroxyl groups excluding tert-OH is 1. The van der Waals surface area contributed by atoms with Gasteiger partial charge in [-0.15, -0.1) is 11.3 Å². The smallest absolute Gasteiger partial charge is 0.274 e. The Morgan fingerprint density at radius 3 is 3.04 bits per heavy atom. The van der Waals surface area contributed by atoms with Gasteiger partial charge in [0.15, 0.2) is 4.96 Å². The Balaban J connectivity index is 1.73. The van der Waals surface area contributed by atoms with Crippen LogP contribution in [0.15, 0.2) is 42.0 Å². The van der Waals surface area contributed by atoms with E-state index in [1.807, 2.05) is 34.2 Å². The Hall–Kier alpha value is -1.93. The van der Waals surface area contributed by atoms with Crippen LogP contribution in [0.1, 0.15) is 22.1 Å². The van der Waals surface area contributed by atoms with E-state index in [0.29, 0.717) is 23.9 Å². The summed E-state index contributed by atoms with van der Waals surface area (Å²) in [6.45, 7) is 0.578. The molecule has 1 aromatic carbocycles. The molecule has 6 nitrogen and oxygen atoms in total. The van der Waals surface area contributed by atoms with Gasteiger partial charge in [0.05, 0.1) is 19.3 Å². The molecular weight excluding hydrogens is 362 g/mol. The van der Waals surface area contributed by atoms with E-state index < -0.39 is 12.1 Å². The minimum absolute atomic E-state index is 0.192. The van der Waals surface area contributed by atoms with Crippen molar-refractivity contribution < 1.29 is 14.6 Å². The maximum absolute atomic E-state index is 13.1. The number of fused-ring (bicyclic) bond motifs is 1. The highest BCUT2D eigenvalue weighted by Gasteiger charge is 2.38. The largest absolute Gasteiger partial charge is 0.394 e. The summed E-state index contributed by atoms with van der Waals surface area (Å²) in [6, 6.07) is 6.86. The van der Waals surface area contributed by atoms with Crippen molar-refractivity contribution in [3.05, 3.63) is 58.3 Å². The quantitative estimate of drug-likeness (QED) is 0.762. The molecule has 0 saturated carbocycles. The van der Waals surface area contributed by atoms with Crippen molar-refractivity contribution in [1.82, 2.24) is 14.3 Å². The summed E-state index contributed by atoms with van der Waals surface area (Å²) in [5.74, 6) is -0.192. The second kappa shape index (κ2) is 6.76. The molecule has 2 aromatic heterocycles. The third kappa shape index (κ3) is 2.93. The molecular formula is C17H16ClN3O3S. The molecule has 1 saturated heterocycles. The molecule has 8 heteroatoms. The molecule has 1 fully saturated rings. The van der Waals surface area contributed by atoms with Gasteiger partial charge in [0.2, 0.25) is 0 Å². The maximum Gasteiger partial charge on any atom is 0.274 e. The number of morpholine rings is 1. The molecule has 130 valence electrons. The summed E-state index contributed by atoms with van der Waals surface area (Å²) in [7, 11) is 0. The van der Waals surface area contributed by atoms with Crippen LogP contribution in [0.25, 0.3) is 4.96 Å². The lowest BCUT2D eigenvalue weighted by atomic mass is 9.98. The van der Waals surface area contributed by atoms with Crippen LogP contribution >= 0.6 is 22.9 Å². The Kier molecular flexibility index (Phi) is 4.47. The van der Waals surface area contributed by atoms with E-state index in [0.717, 1.165) is 10.5 Å². The lowest BCUT2D eigenvalue weighted by Gasteiger charge is -2.40. The first-order chi connectivity index (χ1) is 12.2. The van der Waals surface area contributed by atoms with Crippen LogP contribution in [0, 0.1) is 0 Å². The first kappa shape index (κ1) is 16.5. The molecule has 1 amide bonds. The van der Waals surface area contributed by atoms with E-state index >= 15 is 0 Å². The van der Waals surface area contributed by atoms with Crippen molar-refractivity contribution in [2.24, 2.45) is 0 Å². The summed E-state index contributed by atoms with van der Waals surface area (Å²) in [4.78, 5) is 20.0. The molecule has 0 unspecified atom stereocenters. The Morgan fingerprint density at radius 2 is 2.28 bits per heavy atom. The van der Waals surface area contributed by atoms with Crippen LogP contribution in [0.3, 0.4) is 0 Å². The highest BCUT2D eigenvalue weighted by molar-refractivity contribution is 7.15. The topological polar surface area (TPSA) is 67.1 Å². The number of ether oxygens (including phenoxy) is 1. The van der Waals surface area contributed by atoms with Crippen molar-refractivity contribution in [3.8, 4) is 0 Å². The fourth-order valence-corrected chi connectivity index (χ4v) is 4.12. The predicted octanol–water partition coefficient (Wildman–Crippen LogP) is 2.62. The second-order valence-corrected chi connectivity index (χ2v) is 7.06. The molecule has 25 heavy (non-hydrogen) atoms. The normalized spacial score (nSPS) is 21.0. The van der Waals surface area contributed by atoms with E-state index in [1.54, 1.807) is 17.2 Å². The Morgan fingerprint density at radius 1 is 1.44 bits per heavy atom. The van der Waals surface area contributed by atoms with E-state index in [4.69, 9.17) is 16.3 Å². The number of thiazole rings is 1. The van der Waals surface area contributed by atoms with Crippen molar-refractivity contribution in [2.45, 2.75) is 12.1 Å². The second-order valence-electron chi connectivity index (χ2n) is 5.78. The lowest BCUT2D eigenvalue weighted by Crippen LogP contribution is -2.49. The lowest BCUT2D eigenvalue weighted by molar-refractivity contribution is -0.0812. The molecule has 1 N–H and O–H groups in total. The number of carbonyl (C=O) groups excluding carboxylic acids is 1. The van der Waals surface area contributed by atoms with Crippen LogP contribution < -0.4 is 0 Å². The maximum atomic E-state index is 13.1. The summed E-state index contributed by atoms with van der Waals surface area (Å²) in [5.41, 5.74) is 1.14. The van der Waals surface area contributed by atoms with Crippen molar-refractivity contribution in [2.75, 3.05) is 19.8 Å². The van der Waals surface area contributed by atoms with Gasteiger partial charge in [-0.1, -0.05) is 29.8 Å². The standard InChI is InChI=1S/C17H16ClN3O3S/c18-12-4-2-1-3-11(12)15-14(10-22)24-7-5-21(15)16(23)13-9-20-6-8-25-17(20)19-13/h1-4,6,8-9,14-15,22H,5,7,10H2/t14-,15-/m0/s1. The van der Waals surface area contributed by atoms with E-state index in [-0.39, 0.29) is 12.5 Å². The molecule has 3 heterocycles. The average Bonchev–Trinajstić information content (AvgIpc) is 3.23. The molecule has 0 bridgehead atoms. The number of benzene rings is 1. The van der Waals surface area contributed by atoms with Crippen molar-refractivity contribution >= 4 is 33.8 Å². The zero-order valence-electron chi connectivity index (χ0n) is 13.2. The van der Waals surface area contributed by atoms with E-state index in [9.17, 15) is 9.90 Å². The zero-order valence-corrected chi connectivity index (χ0v) is 14.8. The Bertz CT molecular complexity index is 881. The first-order valence-corrected chi connectivity index (χ1v) is 9.15. The van der Waals surface area contributed by atoms with Crippen LogP contribution in [-0.4, -0.2) is 51.2 Å². The van der Waals surface area contributed by atoms with E-state index in [2.05, 4.69) is 4.98 Å². The summed E-state index contributed by atoms with van der Waals surface area (Å²) in [6.07, 6.45) is 3.06. The number of rotatable bonds is 3. The minimum Gasteiger partial charge on any atom is -0.394 e. The van der Waals surface area contributed by atoms with Crippen LogP contribution in [-0.2, 0) is 4.74 Å². The Labute approximate surface area is 153 Å². The molecule has 2 atom stereocenters. The fraction of sp³-hybridized carbons (Fsp3) is 0.294. The van der Waals surface area contributed by atoms with Gasteiger partial charge in [-0.05, 0) is 11.6 Å². The van der Waals surface area contributed by atoms with Gasteiger partial charge in [-0.2, -0.15) is 0 Å². The summed E-state index contributed by atoms with van der Waals surface area (Å²) >= 11 is 7.82. The third-order valence-corrected chi connectivity index (χ3v) is 5.44. The fourth-order valence-electron chi connectivity index (χ4n) is 3.17. The van der Waals surface area contributed by atoms with Crippen LogP contribution in [0.2, 0.25) is 5.02 Å². The summed E-state index contributed by atoms with van der Waals surface area (Å²) in [5, 5.41) is 12.2. The number of hydrogen-bond acceptors (Lipinski definition) is 5. The zero-order chi connectivity index (χ0) is 17.4. The number of aliphatic hydroxyl groups is 1. The number of nitrogens with zero attached hydrogens (tertiary/aromatic N) is 3. The number of halogens is 1. The number of amides is 1. The van der Waals surface area contributed by atoms with Gasteiger partial charge in [-0.3, -0.25) is 9.20 Å². The number of aromatic nitrogens is 2. The van der Waals surface area contributed by atoms with Gasteiger partial charge in [-0.25, -0.2) is 4.98 Å². The molecule has 1 aliphatic heterocycles. The molecule has 3 aromatic rings. The molecule has 0 radical (unpaired) electrons. The van der Waals surface area contributed by atoms with Gasteiger partial charge in [0, 0.05) is 29.3 Å². The highest BCUT2D eigenvalue weighted by Crippen LogP contribution is 2.34. The average molecular weight is 378 g/mol. The van der Waals surface area contributed by atoms with Crippen molar-refractivity contribution in [1.29, 1.82) is 0 Å². The van der Waals surface area contributed by atoms with Crippen molar-refractivity contribution in [3.63, 3.8) is 0 Å².